The third kappa shape index (κ3) is 52.4. The number of anilines is 4. The first-order valence-corrected chi connectivity index (χ1v) is 26.1. The van der Waals surface area contributed by atoms with Crippen molar-refractivity contribution in [2.75, 3.05) is 76.1 Å². The fourth-order valence-electron chi connectivity index (χ4n) is 4.60. The number of amides is 4. The molecule has 0 atom stereocenters. The Labute approximate surface area is 438 Å². The highest BCUT2D eigenvalue weighted by atomic mass is 16.5. The average molecular weight is 1030 g/mol. The van der Waals surface area contributed by atoms with Crippen molar-refractivity contribution in [2.24, 2.45) is 0 Å². The summed E-state index contributed by atoms with van der Waals surface area (Å²) >= 11 is 0. The van der Waals surface area contributed by atoms with Crippen LogP contribution in [0.2, 0.25) is 0 Å². The molecule has 0 aliphatic carbocycles. The van der Waals surface area contributed by atoms with Crippen LogP contribution < -0.4 is 21.3 Å². The molecule has 4 N–H and O–H groups in total. The summed E-state index contributed by atoms with van der Waals surface area (Å²) in [6, 6.07) is 0. The summed E-state index contributed by atoms with van der Waals surface area (Å²) < 4.78 is 26.5. The molecule has 20 nitrogen and oxygen atoms in total. The van der Waals surface area contributed by atoms with Gasteiger partial charge in [-0.25, -0.2) is 19.9 Å². The maximum absolute atomic E-state index is 11.1. The number of ether oxygens (including phenoxy) is 4. The van der Waals surface area contributed by atoms with Gasteiger partial charge in [0.2, 0.25) is 47.4 Å². The highest BCUT2D eigenvalue weighted by Gasteiger charge is 2.08. The summed E-state index contributed by atoms with van der Waals surface area (Å²) in [5.41, 5.74) is 0. The van der Waals surface area contributed by atoms with E-state index in [2.05, 4.69) is 41.2 Å². The first kappa shape index (κ1) is 83.4. The Hall–Kier alpha value is -5.44. The zero-order valence-electron chi connectivity index (χ0n) is 49.9. The Kier molecular flexibility index (Phi) is 80.9. The van der Waals surface area contributed by atoms with Gasteiger partial charge < -0.3 is 37.2 Å². The average Bonchev–Trinajstić information content (AvgIpc) is 4.25. The van der Waals surface area contributed by atoms with Crippen molar-refractivity contribution >= 4 is 47.4 Å². The lowest BCUT2D eigenvalue weighted by atomic mass is 10.4. The van der Waals surface area contributed by atoms with Gasteiger partial charge in [-0.15, -0.1) is 0 Å². The molecule has 0 saturated heterocycles. The van der Waals surface area contributed by atoms with Crippen LogP contribution in [0.15, 0.2) is 49.6 Å². The molecule has 4 amide bonds. The molecule has 0 unspecified atom stereocenters. The second-order valence-corrected chi connectivity index (χ2v) is 11.9. The van der Waals surface area contributed by atoms with Crippen molar-refractivity contribution in [1.82, 2.24) is 38.2 Å². The number of methoxy groups -OCH3 is 4. The summed E-state index contributed by atoms with van der Waals surface area (Å²) in [5, 5.41) is 10.7. The van der Waals surface area contributed by atoms with Crippen LogP contribution in [-0.4, -0.2) is 117 Å². The monoisotopic (exact) mass is 1030 g/mol. The second kappa shape index (κ2) is 69.8. The maximum atomic E-state index is 11.1. The van der Waals surface area contributed by atoms with Crippen molar-refractivity contribution in [1.29, 1.82) is 0 Å². The lowest BCUT2D eigenvalue weighted by Gasteiger charge is -2.10. The van der Waals surface area contributed by atoms with Crippen LogP contribution in [0, 0.1) is 0 Å². The predicted octanol–water partition coefficient (Wildman–Crippen LogP) is 11.7. The third-order valence-electron chi connectivity index (χ3n) is 7.00. The standard InChI is InChI=1S/2C13H18N6O2.2C5H12O2.8C2H6/c2*1-10(20)16-12-14-4-8-18(12)6-3-7-19-9-5-15-13(19)17-11(2)21;2*1-6-4-3-5-7-2;8*1-2/h2*4-5,8-9H,3,6-7H2,1-2H3,(H,14,16,20)(H,15,17,21);2*3-5H2,1-2H3;8*1-2H3. The van der Waals surface area contributed by atoms with E-state index in [1.54, 1.807) is 53.2 Å². The van der Waals surface area contributed by atoms with Crippen molar-refractivity contribution in [3.8, 4) is 0 Å². The number of rotatable bonds is 20. The molecule has 72 heavy (non-hydrogen) atoms. The minimum absolute atomic E-state index is 0.148. The zero-order valence-corrected chi connectivity index (χ0v) is 49.9. The van der Waals surface area contributed by atoms with Gasteiger partial charge in [-0.2, -0.15) is 0 Å². The second-order valence-electron chi connectivity index (χ2n) is 11.9. The summed E-state index contributed by atoms with van der Waals surface area (Å²) in [5.74, 6) is 1.56. The first-order valence-electron chi connectivity index (χ1n) is 26.1. The number of carbonyl (C=O) groups excluding carboxylic acids is 4. The fraction of sp³-hybridized carbons (Fsp3) is 0.692. The van der Waals surface area contributed by atoms with Gasteiger partial charge in [0.05, 0.1) is 0 Å². The number of hydrogen-bond acceptors (Lipinski definition) is 12. The number of carbonyl (C=O) groups is 4. The van der Waals surface area contributed by atoms with Crippen LogP contribution in [0.3, 0.4) is 0 Å². The summed E-state index contributed by atoms with van der Waals surface area (Å²) in [6.07, 6.45) is 17.4. The summed E-state index contributed by atoms with van der Waals surface area (Å²) in [7, 11) is 6.76. The molecule has 0 aliphatic heterocycles. The number of aryl methyl sites for hydroxylation is 4. The number of nitrogens with one attached hydrogen (secondary N) is 4. The molecule has 20 heteroatoms. The molecule has 4 aromatic heterocycles. The Bertz CT molecular complexity index is 1440. The summed E-state index contributed by atoms with van der Waals surface area (Å²) in [4.78, 5) is 60.6. The number of aromatic nitrogens is 8. The van der Waals surface area contributed by atoms with E-state index in [4.69, 9.17) is 18.9 Å². The molecule has 0 fully saturated rings. The lowest BCUT2D eigenvalue weighted by molar-refractivity contribution is -0.115. The zero-order chi connectivity index (χ0) is 57.6. The molecular formula is C52H108N12O8. The van der Waals surface area contributed by atoms with E-state index in [0.29, 0.717) is 50.0 Å². The van der Waals surface area contributed by atoms with E-state index in [1.807, 2.05) is 154 Å². The van der Waals surface area contributed by atoms with E-state index in [9.17, 15) is 19.2 Å². The van der Waals surface area contributed by atoms with Gasteiger partial charge in [-0.05, 0) is 25.7 Å². The van der Waals surface area contributed by atoms with Gasteiger partial charge in [0, 0.05) is 158 Å². The van der Waals surface area contributed by atoms with Crippen LogP contribution in [0.5, 0.6) is 0 Å². The van der Waals surface area contributed by atoms with Gasteiger partial charge in [-0.3, -0.25) is 40.4 Å². The number of imidazole rings is 4. The topological polar surface area (TPSA) is 225 Å². The fourth-order valence-corrected chi connectivity index (χ4v) is 4.60. The molecule has 0 aliphatic rings. The highest BCUT2D eigenvalue weighted by molar-refractivity contribution is 5.88. The van der Waals surface area contributed by atoms with Gasteiger partial charge >= 0.3 is 0 Å². The van der Waals surface area contributed by atoms with Gasteiger partial charge in [0.25, 0.3) is 0 Å². The van der Waals surface area contributed by atoms with Crippen LogP contribution in [0.4, 0.5) is 23.8 Å². The molecular weight excluding hydrogens is 921 g/mol. The molecule has 0 aromatic carbocycles. The Morgan fingerprint density at radius 3 is 0.653 bits per heavy atom. The normalized spacial score (nSPS) is 8.56. The number of hydrogen-bond donors (Lipinski definition) is 4. The van der Waals surface area contributed by atoms with E-state index in [1.165, 1.54) is 27.7 Å². The molecule has 0 radical (unpaired) electrons. The molecule has 0 bridgehead atoms. The maximum Gasteiger partial charge on any atom is 0.223 e. The molecule has 0 saturated carbocycles. The van der Waals surface area contributed by atoms with Crippen LogP contribution in [0.25, 0.3) is 0 Å². The van der Waals surface area contributed by atoms with Crippen LogP contribution in [0.1, 0.15) is 164 Å². The smallest absolute Gasteiger partial charge is 0.223 e. The Morgan fingerprint density at radius 2 is 0.514 bits per heavy atom. The van der Waals surface area contributed by atoms with E-state index < -0.39 is 0 Å². The van der Waals surface area contributed by atoms with Crippen molar-refractivity contribution in [2.45, 2.75) is 190 Å². The van der Waals surface area contributed by atoms with Crippen molar-refractivity contribution < 1.29 is 38.1 Å². The number of nitrogens with zero attached hydrogens (tertiary/aromatic N) is 8. The molecule has 4 rings (SSSR count). The van der Waals surface area contributed by atoms with E-state index >= 15 is 0 Å². The van der Waals surface area contributed by atoms with Gasteiger partial charge in [0.15, 0.2) is 0 Å². The Morgan fingerprint density at radius 1 is 0.347 bits per heavy atom. The molecule has 4 aromatic rings. The van der Waals surface area contributed by atoms with Crippen molar-refractivity contribution in [3.63, 3.8) is 0 Å². The predicted molar refractivity (Wildman–Crippen MR) is 303 cm³/mol. The lowest BCUT2D eigenvalue weighted by Crippen LogP contribution is -2.14. The van der Waals surface area contributed by atoms with Gasteiger partial charge in [0.1, 0.15) is 0 Å². The van der Waals surface area contributed by atoms with Crippen molar-refractivity contribution in [3.05, 3.63) is 49.6 Å². The quantitative estimate of drug-likeness (QED) is 0.0607. The SMILES string of the molecule is CC.CC.CC.CC.CC.CC.CC.CC.CC(=O)Nc1nccn1CCCn1ccnc1NC(C)=O.CC(=O)Nc1nccn1CCCn1ccnc1NC(C)=O.COCCCOC.COCCCOC. The van der Waals surface area contributed by atoms with Gasteiger partial charge in [-0.1, -0.05) is 111 Å². The van der Waals surface area contributed by atoms with Crippen LogP contribution in [-0.2, 0) is 64.3 Å². The highest BCUT2D eigenvalue weighted by Crippen LogP contribution is 2.11. The van der Waals surface area contributed by atoms with Crippen LogP contribution >= 0.6 is 0 Å². The summed E-state index contributed by atoms with van der Waals surface area (Å²) in [6.45, 7) is 43.8. The minimum atomic E-state index is -0.148. The Balaban J connectivity index is -0.000000124. The molecule has 424 valence electrons. The van der Waals surface area contributed by atoms with E-state index in [-0.39, 0.29) is 23.6 Å². The molecule has 4 heterocycles. The largest absolute Gasteiger partial charge is 0.385 e. The van der Waals surface area contributed by atoms with E-state index in [0.717, 1.165) is 52.1 Å². The minimum Gasteiger partial charge on any atom is -0.385 e. The first-order chi connectivity index (χ1) is 34.9. The third-order valence-corrected chi connectivity index (χ3v) is 7.00. The molecule has 0 spiro atoms.